The fraction of sp³-hybridized carbons (Fsp3) is 0.364. The van der Waals surface area contributed by atoms with Gasteiger partial charge in [0.05, 0.1) is 13.7 Å². The molecule has 15 heavy (non-hydrogen) atoms. The summed E-state index contributed by atoms with van der Waals surface area (Å²) >= 11 is 0. The minimum Gasteiger partial charge on any atom is -0.493 e. The van der Waals surface area contributed by atoms with Crippen LogP contribution in [0, 0.1) is 0 Å². The lowest BCUT2D eigenvalue weighted by atomic mass is 10.00. The number of carbonyl (C=O) groups excluding carboxylic acids is 1. The third-order valence-electron chi connectivity index (χ3n) is 2.60. The molecule has 1 heterocycles. The summed E-state index contributed by atoms with van der Waals surface area (Å²) in [5.74, 6) is 1.13. The SMILES string of the molecule is COc1cc(C(N)=O)cc2c1OCC2C. The largest absolute Gasteiger partial charge is 0.493 e. The Kier molecular flexibility index (Phi) is 2.26. The first-order valence-corrected chi connectivity index (χ1v) is 4.78. The Labute approximate surface area is 88.0 Å². The van der Waals surface area contributed by atoms with E-state index in [0.717, 1.165) is 11.3 Å². The molecule has 1 aliphatic rings. The molecule has 1 aliphatic heterocycles. The second kappa shape index (κ2) is 3.46. The first-order chi connectivity index (χ1) is 7.13. The standard InChI is InChI=1S/C11H13NO3/c1-6-5-15-10-8(6)3-7(11(12)13)4-9(10)14-2/h3-4,6H,5H2,1-2H3,(H2,12,13). The third-order valence-corrected chi connectivity index (χ3v) is 2.60. The number of methoxy groups -OCH3 is 1. The van der Waals surface area contributed by atoms with Crippen LogP contribution in [0.4, 0.5) is 0 Å². The molecule has 0 aromatic heterocycles. The minimum absolute atomic E-state index is 0.271. The molecule has 0 radical (unpaired) electrons. The van der Waals surface area contributed by atoms with E-state index >= 15 is 0 Å². The van der Waals surface area contributed by atoms with Gasteiger partial charge in [-0.1, -0.05) is 6.92 Å². The molecule has 1 unspecified atom stereocenters. The Morgan fingerprint density at radius 3 is 2.93 bits per heavy atom. The van der Waals surface area contributed by atoms with Crippen molar-refractivity contribution >= 4 is 5.91 Å². The molecule has 1 atom stereocenters. The molecule has 80 valence electrons. The van der Waals surface area contributed by atoms with E-state index in [2.05, 4.69) is 0 Å². The monoisotopic (exact) mass is 207 g/mol. The van der Waals surface area contributed by atoms with Crippen LogP contribution in [0.3, 0.4) is 0 Å². The number of nitrogens with two attached hydrogens (primary N) is 1. The van der Waals surface area contributed by atoms with Gasteiger partial charge in [-0.05, 0) is 12.1 Å². The zero-order valence-electron chi connectivity index (χ0n) is 8.74. The van der Waals surface area contributed by atoms with E-state index in [1.54, 1.807) is 19.2 Å². The van der Waals surface area contributed by atoms with E-state index in [1.165, 1.54) is 0 Å². The predicted molar refractivity (Wildman–Crippen MR) is 55.4 cm³/mol. The summed E-state index contributed by atoms with van der Waals surface area (Å²) in [4.78, 5) is 11.1. The minimum atomic E-state index is -0.449. The van der Waals surface area contributed by atoms with Crippen LogP contribution in [-0.4, -0.2) is 19.6 Å². The highest BCUT2D eigenvalue weighted by Crippen LogP contribution is 2.41. The number of benzene rings is 1. The smallest absolute Gasteiger partial charge is 0.248 e. The highest BCUT2D eigenvalue weighted by molar-refractivity contribution is 5.94. The highest BCUT2D eigenvalue weighted by atomic mass is 16.5. The molecule has 0 spiro atoms. The fourth-order valence-corrected chi connectivity index (χ4v) is 1.74. The topological polar surface area (TPSA) is 61.5 Å². The van der Waals surface area contributed by atoms with Crippen LogP contribution in [0.2, 0.25) is 0 Å². The van der Waals surface area contributed by atoms with Crippen LogP contribution in [-0.2, 0) is 0 Å². The molecule has 0 saturated heterocycles. The summed E-state index contributed by atoms with van der Waals surface area (Å²) in [7, 11) is 1.55. The molecule has 2 N–H and O–H groups in total. The maximum atomic E-state index is 11.1. The highest BCUT2D eigenvalue weighted by Gasteiger charge is 2.25. The molecule has 1 aromatic rings. The van der Waals surface area contributed by atoms with Crippen LogP contribution in [0.15, 0.2) is 12.1 Å². The summed E-state index contributed by atoms with van der Waals surface area (Å²) in [6.45, 7) is 2.66. The number of ether oxygens (including phenoxy) is 2. The van der Waals surface area contributed by atoms with E-state index in [9.17, 15) is 4.79 Å². The van der Waals surface area contributed by atoms with Crippen molar-refractivity contribution in [3.05, 3.63) is 23.3 Å². The van der Waals surface area contributed by atoms with E-state index in [0.29, 0.717) is 17.9 Å². The van der Waals surface area contributed by atoms with E-state index in [1.807, 2.05) is 6.92 Å². The van der Waals surface area contributed by atoms with Gasteiger partial charge in [-0.25, -0.2) is 0 Å². The third kappa shape index (κ3) is 1.52. The van der Waals surface area contributed by atoms with Crippen molar-refractivity contribution in [3.63, 3.8) is 0 Å². The Hall–Kier alpha value is -1.71. The second-order valence-corrected chi connectivity index (χ2v) is 3.67. The summed E-state index contributed by atoms with van der Waals surface area (Å²) in [5.41, 5.74) is 6.69. The number of primary amides is 1. The summed E-state index contributed by atoms with van der Waals surface area (Å²) < 4.78 is 10.7. The second-order valence-electron chi connectivity index (χ2n) is 3.67. The normalized spacial score (nSPS) is 18.1. The van der Waals surface area contributed by atoms with E-state index in [-0.39, 0.29) is 5.92 Å². The number of rotatable bonds is 2. The number of fused-ring (bicyclic) bond motifs is 1. The maximum Gasteiger partial charge on any atom is 0.248 e. The number of amides is 1. The van der Waals surface area contributed by atoms with Crippen LogP contribution >= 0.6 is 0 Å². The van der Waals surface area contributed by atoms with Gasteiger partial charge < -0.3 is 15.2 Å². The molecule has 0 aliphatic carbocycles. The zero-order valence-corrected chi connectivity index (χ0v) is 8.74. The molecular formula is C11H13NO3. The summed E-state index contributed by atoms with van der Waals surface area (Å²) in [6.07, 6.45) is 0. The van der Waals surface area contributed by atoms with Gasteiger partial charge in [0.15, 0.2) is 11.5 Å². The van der Waals surface area contributed by atoms with Crippen molar-refractivity contribution in [1.82, 2.24) is 0 Å². The van der Waals surface area contributed by atoms with Gasteiger partial charge >= 0.3 is 0 Å². The zero-order chi connectivity index (χ0) is 11.0. The Morgan fingerprint density at radius 2 is 2.33 bits per heavy atom. The first kappa shape index (κ1) is 9.83. The van der Waals surface area contributed by atoms with E-state index < -0.39 is 5.91 Å². The lowest BCUT2D eigenvalue weighted by molar-refractivity contribution is 0.1000. The Morgan fingerprint density at radius 1 is 1.60 bits per heavy atom. The van der Waals surface area contributed by atoms with E-state index in [4.69, 9.17) is 15.2 Å². The van der Waals surface area contributed by atoms with Gasteiger partial charge in [0, 0.05) is 17.0 Å². The quantitative estimate of drug-likeness (QED) is 0.794. The molecule has 4 heteroatoms. The molecule has 0 saturated carbocycles. The average Bonchev–Trinajstić information content (AvgIpc) is 2.59. The molecule has 2 rings (SSSR count). The van der Waals surface area contributed by atoms with Crippen molar-refractivity contribution in [2.75, 3.05) is 13.7 Å². The van der Waals surface area contributed by atoms with Crippen molar-refractivity contribution in [3.8, 4) is 11.5 Å². The average molecular weight is 207 g/mol. The van der Waals surface area contributed by atoms with Crippen LogP contribution in [0.1, 0.15) is 28.8 Å². The fourth-order valence-electron chi connectivity index (χ4n) is 1.74. The van der Waals surface area contributed by atoms with Crippen molar-refractivity contribution in [1.29, 1.82) is 0 Å². The van der Waals surface area contributed by atoms with Gasteiger partial charge in [0.25, 0.3) is 0 Å². The summed E-state index contributed by atoms with van der Waals surface area (Å²) in [6, 6.07) is 3.39. The Bertz CT molecular complexity index is 415. The molecule has 0 fully saturated rings. The van der Waals surface area contributed by atoms with Crippen LogP contribution < -0.4 is 15.2 Å². The van der Waals surface area contributed by atoms with Crippen molar-refractivity contribution in [2.24, 2.45) is 5.73 Å². The number of carbonyl (C=O) groups is 1. The van der Waals surface area contributed by atoms with Gasteiger partial charge in [0.1, 0.15) is 0 Å². The molecule has 1 amide bonds. The first-order valence-electron chi connectivity index (χ1n) is 4.78. The Balaban J connectivity index is 2.58. The molecular weight excluding hydrogens is 194 g/mol. The van der Waals surface area contributed by atoms with Crippen molar-refractivity contribution in [2.45, 2.75) is 12.8 Å². The van der Waals surface area contributed by atoms with Crippen LogP contribution in [0.25, 0.3) is 0 Å². The lowest BCUT2D eigenvalue weighted by Crippen LogP contribution is -2.11. The summed E-state index contributed by atoms with van der Waals surface area (Å²) in [5, 5.41) is 0. The number of hydrogen-bond acceptors (Lipinski definition) is 3. The van der Waals surface area contributed by atoms with Gasteiger partial charge in [0.2, 0.25) is 5.91 Å². The number of hydrogen-bond donors (Lipinski definition) is 1. The maximum absolute atomic E-state index is 11.1. The molecule has 1 aromatic carbocycles. The van der Waals surface area contributed by atoms with Gasteiger partial charge in [-0.3, -0.25) is 4.79 Å². The van der Waals surface area contributed by atoms with Gasteiger partial charge in [-0.15, -0.1) is 0 Å². The van der Waals surface area contributed by atoms with Crippen LogP contribution in [0.5, 0.6) is 11.5 Å². The molecule has 4 nitrogen and oxygen atoms in total. The molecule has 0 bridgehead atoms. The predicted octanol–water partition coefficient (Wildman–Crippen LogP) is 1.29. The van der Waals surface area contributed by atoms with Crippen molar-refractivity contribution < 1.29 is 14.3 Å². The van der Waals surface area contributed by atoms with Gasteiger partial charge in [-0.2, -0.15) is 0 Å². The lowest BCUT2D eigenvalue weighted by Gasteiger charge is -2.08.